The van der Waals surface area contributed by atoms with Gasteiger partial charge in [0.05, 0.1) is 11.3 Å². The van der Waals surface area contributed by atoms with Crippen LogP contribution in [0.25, 0.3) is 5.65 Å². The second-order valence-corrected chi connectivity index (χ2v) is 6.55. The van der Waals surface area contributed by atoms with Gasteiger partial charge in [0.25, 0.3) is 5.91 Å². The fourth-order valence-corrected chi connectivity index (χ4v) is 2.98. The molecule has 0 saturated heterocycles. The minimum atomic E-state index is -0.270. The first-order valence-electron chi connectivity index (χ1n) is 8.79. The number of fused-ring (bicyclic) bond motifs is 1. The molecular weight excluding hydrogens is 344 g/mol. The van der Waals surface area contributed by atoms with Crippen LogP contribution in [0.3, 0.4) is 0 Å². The maximum atomic E-state index is 12.6. The fraction of sp³-hybridized carbons (Fsp3) is 0.250. The van der Waals surface area contributed by atoms with Gasteiger partial charge in [-0.1, -0.05) is 23.4 Å². The lowest BCUT2D eigenvalue weighted by atomic mass is 10.2. The van der Waals surface area contributed by atoms with E-state index in [1.54, 1.807) is 18.2 Å². The van der Waals surface area contributed by atoms with Gasteiger partial charge in [-0.25, -0.2) is 4.98 Å². The number of amides is 1. The molecule has 27 heavy (non-hydrogen) atoms. The van der Waals surface area contributed by atoms with Crippen molar-refractivity contribution in [3.63, 3.8) is 0 Å². The van der Waals surface area contributed by atoms with E-state index >= 15 is 0 Å². The van der Waals surface area contributed by atoms with Crippen molar-refractivity contribution in [2.75, 3.05) is 0 Å². The highest BCUT2D eigenvalue weighted by Gasteiger charge is 2.20. The van der Waals surface area contributed by atoms with Crippen LogP contribution < -0.4 is 10.1 Å². The van der Waals surface area contributed by atoms with Crippen LogP contribution in [0.2, 0.25) is 0 Å². The van der Waals surface area contributed by atoms with Crippen LogP contribution in [0.5, 0.6) is 5.75 Å². The van der Waals surface area contributed by atoms with E-state index < -0.39 is 0 Å². The van der Waals surface area contributed by atoms with Crippen molar-refractivity contribution in [1.29, 1.82) is 0 Å². The molecule has 3 heterocycles. The lowest BCUT2D eigenvalue weighted by Crippen LogP contribution is -2.30. The van der Waals surface area contributed by atoms with Crippen LogP contribution in [-0.4, -0.2) is 27.2 Å². The van der Waals surface area contributed by atoms with Crippen LogP contribution in [0, 0.1) is 6.92 Å². The Morgan fingerprint density at radius 3 is 2.96 bits per heavy atom. The third-order valence-electron chi connectivity index (χ3n) is 4.32. The third-order valence-corrected chi connectivity index (χ3v) is 4.32. The van der Waals surface area contributed by atoms with Crippen molar-refractivity contribution in [3.8, 4) is 5.75 Å². The maximum Gasteiger partial charge on any atom is 0.260 e. The molecule has 1 aliphatic heterocycles. The quantitative estimate of drug-likeness (QED) is 0.772. The molecule has 0 unspecified atom stereocenters. The standard InChI is InChI=1S/C20H20N4O3/c1-13-6-5-9-24-11-15(21-19(13)24)12-26-17-8-4-3-7-16(17)20(25)22-18-10-14(2)27-23-18/h3-9,11,14H,10,12H2,1-2H3,(H,22,23,25)/t14-/m0/s1. The predicted molar refractivity (Wildman–Crippen MR) is 101 cm³/mol. The highest BCUT2D eigenvalue weighted by atomic mass is 16.6. The first-order valence-corrected chi connectivity index (χ1v) is 8.79. The molecule has 0 radical (unpaired) electrons. The van der Waals surface area contributed by atoms with Crippen LogP contribution in [0.4, 0.5) is 0 Å². The topological polar surface area (TPSA) is 77.2 Å². The summed E-state index contributed by atoms with van der Waals surface area (Å²) < 4.78 is 7.86. The van der Waals surface area contributed by atoms with Crippen LogP contribution in [0.15, 0.2) is 53.9 Å². The van der Waals surface area contributed by atoms with Gasteiger partial charge in [0.1, 0.15) is 24.1 Å². The summed E-state index contributed by atoms with van der Waals surface area (Å²) in [4.78, 5) is 22.3. The largest absolute Gasteiger partial charge is 0.486 e. The molecule has 1 atom stereocenters. The molecule has 0 saturated carbocycles. The highest BCUT2D eigenvalue weighted by Crippen LogP contribution is 2.20. The van der Waals surface area contributed by atoms with Crippen molar-refractivity contribution in [1.82, 2.24) is 14.7 Å². The molecule has 138 valence electrons. The van der Waals surface area contributed by atoms with Gasteiger partial charge in [-0.3, -0.25) is 4.79 Å². The number of imidazole rings is 1. The zero-order chi connectivity index (χ0) is 18.8. The SMILES string of the molecule is Cc1cccn2cc(COc3ccccc3C(=O)NC3=NO[C@@H](C)C3)nc12. The van der Waals surface area contributed by atoms with Crippen molar-refractivity contribution < 1.29 is 14.4 Å². The molecular formula is C20H20N4O3. The molecule has 2 aromatic heterocycles. The Morgan fingerprint density at radius 1 is 1.33 bits per heavy atom. The van der Waals surface area contributed by atoms with E-state index in [-0.39, 0.29) is 18.6 Å². The second-order valence-electron chi connectivity index (χ2n) is 6.55. The molecule has 7 heteroatoms. The highest BCUT2D eigenvalue weighted by molar-refractivity contribution is 6.08. The molecule has 4 rings (SSSR count). The number of carbonyl (C=O) groups is 1. The van der Waals surface area contributed by atoms with E-state index in [0.29, 0.717) is 23.6 Å². The number of carbonyl (C=O) groups excluding carboxylic acids is 1. The van der Waals surface area contributed by atoms with Crippen molar-refractivity contribution in [3.05, 3.63) is 65.6 Å². The number of hydrogen-bond acceptors (Lipinski definition) is 5. The van der Waals surface area contributed by atoms with Crippen molar-refractivity contribution in [2.45, 2.75) is 33.0 Å². The number of aryl methyl sites for hydroxylation is 1. The van der Waals surface area contributed by atoms with Gasteiger partial charge in [-0.15, -0.1) is 0 Å². The predicted octanol–water partition coefficient (Wildman–Crippen LogP) is 3.07. The number of para-hydroxylation sites is 1. The molecule has 0 bridgehead atoms. The smallest absolute Gasteiger partial charge is 0.260 e. The molecule has 3 aromatic rings. The van der Waals surface area contributed by atoms with E-state index in [0.717, 1.165) is 16.9 Å². The number of amidine groups is 1. The summed E-state index contributed by atoms with van der Waals surface area (Å²) in [5.41, 5.74) is 3.23. The van der Waals surface area contributed by atoms with Gasteiger partial charge >= 0.3 is 0 Å². The van der Waals surface area contributed by atoms with Crippen LogP contribution in [-0.2, 0) is 11.4 Å². The zero-order valence-electron chi connectivity index (χ0n) is 15.2. The Balaban J connectivity index is 1.49. The number of nitrogens with zero attached hydrogens (tertiary/aromatic N) is 3. The summed E-state index contributed by atoms with van der Waals surface area (Å²) in [5, 5.41) is 6.65. The average molecular weight is 364 g/mol. The molecule has 0 aliphatic carbocycles. The minimum Gasteiger partial charge on any atom is -0.486 e. The Labute approximate surface area is 156 Å². The summed E-state index contributed by atoms with van der Waals surface area (Å²) >= 11 is 0. The number of rotatable bonds is 4. The van der Waals surface area contributed by atoms with Gasteiger partial charge in [-0.2, -0.15) is 0 Å². The van der Waals surface area contributed by atoms with Gasteiger partial charge < -0.3 is 19.3 Å². The molecule has 1 aliphatic rings. The number of pyridine rings is 1. The molecule has 1 N–H and O–H groups in total. The normalized spacial score (nSPS) is 16.1. The summed E-state index contributed by atoms with van der Waals surface area (Å²) in [5.74, 6) is 0.752. The third kappa shape index (κ3) is 3.62. The van der Waals surface area contributed by atoms with E-state index in [4.69, 9.17) is 9.57 Å². The molecule has 0 fully saturated rings. The van der Waals surface area contributed by atoms with E-state index in [1.165, 1.54) is 0 Å². The number of aromatic nitrogens is 2. The minimum absolute atomic E-state index is 0.0229. The Morgan fingerprint density at radius 2 is 2.19 bits per heavy atom. The van der Waals surface area contributed by atoms with E-state index in [2.05, 4.69) is 15.5 Å². The molecule has 7 nitrogen and oxygen atoms in total. The van der Waals surface area contributed by atoms with Crippen molar-refractivity contribution in [2.24, 2.45) is 5.16 Å². The average Bonchev–Trinajstić information content (AvgIpc) is 3.27. The van der Waals surface area contributed by atoms with Crippen LogP contribution in [0.1, 0.15) is 35.0 Å². The van der Waals surface area contributed by atoms with E-state index in [9.17, 15) is 4.79 Å². The van der Waals surface area contributed by atoms with Crippen molar-refractivity contribution >= 4 is 17.4 Å². The van der Waals surface area contributed by atoms with Gasteiger partial charge in [0, 0.05) is 18.8 Å². The summed E-state index contributed by atoms with van der Waals surface area (Å²) in [6, 6.07) is 11.1. The molecule has 1 amide bonds. The van der Waals surface area contributed by atoms with Gasteiger partial charge in [-0.05, 0) is 37.6 Å². The van der Waals surface area contributed by atoms with Gasteiger partial charge in [0.15, 0.2) is 5.84 Å². The summed E-state index contributed by atoms with van der Waals surface area (Å²) in [7, 11) is 0. The summed E-state index contributed by atoms with van der Waals surface area (Å²) in [6.45, 7) is 4.19. The number of nitrogens with one attached hydrogen (secondary N) is 1. The van der Waals surface area contributed by atoms with E-state index in [1.807, 2.05) is 48.8 Å². The number of oxime groups is 1. The Kier molecular flexibility index (Phi) is 4.50. The van der Waals surface area contributed by atoms with Gasteiger partial charge in [0.2, 0.25) is 0 Å². The second kappa shape index (κ2) is 7.11. The van der Waals surface area contributed by atoms with Crippen LogP contribution >= 0.6 is 0 Å². The number of hydrogen-bond donors (Lipinski definition) is 1. The lowest BCUT2D eigenvalue weighted by molar-refractivity contribution is 0.0963. The first kappa shape index (κ1) is 17.1. The monoisotopic (exact) mass is 364 g/mol. The first-order chi connectivity index (χ1) is 13.1. The lowest BCUT2D eigenvalue weighted by Gasteiger charge is -2.10. The molecule has 1 aromatic carbocycles. The summed E-state index contributed by atoms with van der Waals surface area (Å²) in [6.07, 6.45) is 4.43. The number of ether oxygens (including phenoxy) is 1. The fourth-order valence-electron chi connectivity index (χ4n) is 2.98. The zero-order valence-corrected chi connectivity index (χ0v) is 15.2. The Bertz CT molecular complexity index is 1020. The Hall–Kier alpha value is -3.35. The number of benzene rings is 1. The maximum absolute atomic E-state index is 12.6. The molecule has 0 spiro atoms.